The molecular weight excluding hydrogens is 256 g/mol. The van der Waals surface area contributed by atoms with Gasteiger partial charge in [0.15, 0.2) is 0 Å². The van der Waals surface area contributed by atoms with Crippen LogP contribution < -0.4 is 10.9 Å². The Morgan fingerprint density at radius 3 is 2.78 bits per heavy atom. The number of thioether (sulfide) groups is 1. The third-order valence-electron chi connectivity index (χ3n) is 2.03. The van der Waals surface area contributed by atoms with Crippen molar-refractivity contribution in [3.8, 4) is 0 Å². The van der Waals surface area contributed by atoms with E-state index in [4.69, 9.17) is 5.11 Å². The Kier molecular flexibility index (Phi) is 5.99. The zero-order valence-corrected chi connectivity index (χ0v) is 10.5. The lowest BCUT2D eigenvalue weighted by atomic mass is 10.4. The number of aromatic nitrogens is 1. The summed E-state index contributed by atoms with van der Waals surface area (Å²) in [5.74, 6) is -1.16. The molecule has 1 aromatic heterocycles. The van der Waals surface area contributed by atoms with E-state index in [9.17, 15) is 14.4 Å². The summed E-state index contributed by atoms with van der Waals surface area (Å²) in [7, 11) is 0. The van der Waals surface area contributed by atoms with E-state index in [1.54, 1.807) is 18.3 Å². The first-order chi connectivity index (χ1) is 8.59. The predicted molar refractivity (Wildman–Crippen MR) is 68.7 cm³/mol. The van der Waals surface area contributed by atoms with Crippen LogP contribution in [0.25, 0.3) is 0 Å². The Morgan fingerprint density at radius 2 is 2.11 bits per heavy atom. The molecule has 0 aliphatic carbocycles. The van der Waals surface area contributed by atoms with Gasteiger partial charge < -0.3 is 15.0 Å². The van der Waals surface area contributed by atoms with Crippen LogP contribution in [0, 0.1) is 0 Å². The van der Waals surface area contributed by atoms with Gasteiger partial charge >= 0.3 is 5.97 Å². The van der Waals surface area contributed by atoms with Crippen molar-refractivity contribution < 1.29 is 14.7 Å². The number of nitrogens with one attached hydrogen (secondary N) is 1. The fraction of sp³-hybridized carbons (Fsp3) is 0.364. The molecule has 98 valence electrons. The van der Waals surface area contributed by atoms with E-state index >= 15 is 0 Å². The summed E-state index contributed by atoms with van der Waals surface area (Å²) in [6, 6.07) is 4.84. The molecule has 18 heavy (non-hydrogen) atoms. The summed E-state index contributed by atoms with van der Waals surface area (Å²) in [6.07, 6.45) is 1.65. The molecule has 7 heteroatoms. The highest BCUT2D eigenvalue weighted by atomic mass is 32.2. The Hall–Kier alpha value is -1.76. The molecule has 0 aliphatic rings. The second-order valence-corrected chi connectivity index (χ2v) is 4.45. The molecule has 1 amide bonds. The quantitative estimate of drug-likeness (QED) is 0.715. The molecule has 1 rings (SSSR count). The van der Waals surface area contributed by atoms with Gasteiger partial charge in [-0.3, -0.25) is 14.4 Å². The first-order valence-corrected chi connectivity index (χ1v) is 6.47. The molecule has 0 unspecified atom stereocenters. The molecule has 0 aromatic carbocycles. The maximum atomic E-state index is 11.3. The number of carboxylic acid groups (broad SMARTS) is 1. The number of nitrogens with zero attached hydrogens (tertiary/aromatic N) is 1. The van der Waals surface area contributed by atoms with Crippen molar-refractivity contribution in [3.63, 3.8) is 0 Å². The molecule has 0 bridgehead atoms. The zero-order chi connectivity index (χ0) is 13.4. The summed E-state index contributed by atoms with van der Waals surface area (Å²) < 4.78 is 1.49. The highest BCUT2D eigenvalue weighted by molar-refractivity contribution is 8.00. The number of carboxylic acids is 1. The zero-order valence-electron chi connectivity index (χ0n) is 9.67. The molecule has 0 spiro atoms. The molecule has 1 heterocycles. The second-order valence-electron chi connectivity index (χ2n) is 3.47. The molecule has 0 aliphatic heterocycles. The molecule has 6 nitrogen and oxygen atoms in total. The molecule has 0 saturated heterocycles. The molecule has 0 saturated carbocycles. The highest BCUT2D eigenvalue weighted by Gasteiger charge is 2.03. The van der Waals surface area contributed by atoms with Crippen molar-refractivity contribution in [3.05, 3.63) is 34.7 Å². The van der Waals surface area contributed by atoms with Gasteiger partial charge in [0.2, 0.25) is 5.91 Å². The fourth-order valence-electron chi connectivity index (χ4n) is 1.24. The van der Waals surface area contributed by atoms with E-state index < -0.39 is 5.97 Å². The normalized spacial score (nSPS) is 10.0. The van der Waals surface area contributed by atoms with Crippen LogP contribution in [0.3, 0.4) is 0 Å². The molecule has 0 radical (unpaired) electrons. The van der Waals surface area contributed by atoms with Crippen LogP contribution in [0.5, 0.6) is 0 Å². The van der Waals surface area contributed by atoms with Crippen molar-refractivity contribution in [1.29, 1.82) is 0 Å². The molecule has 2 N–H and O–H groups in total. The van der Waals surface area contributed by atoms with Crippen LogP contribution in [0.15, 0.2) is 29.2 Å². The third-order valence-corrected chi connectivity index (χ3v) is 2.95. The number of rotatable bonds is 7. The lowest BCUT2D eigenvalue weighted by molar-refractivity contribution is -0.133. The van der Waals surface area contributed by atoms with E-state index in [1.165, 1.54) is 10.6 Å². The highest BCUT2D eigenvalue weighted by Crippen LogP contribution is 1.97. The van der Waals surface area contributed by atoms with Gasteiger partial charge in [0.05, 0.1) is 11.5 Å². The van der Waals surface area contributed by atoms with Crippen LogP contribution in [0.2, 0.25) is 0 Å². The average Bonchev–Trinajstić information content (AvgIpc) is 2.31. The fourth-order valence-corrected chi connectivity index (χ4v) is 1.81. The molecule has 0 atom stereocenters. The number of amides is 1. The summed E-state index contributed by atoms with van der Waals surface area (Å²) in [6.45, 7) is 0.741. The van der Waals surface area contributed by atoms with Gasteiger partial charge in [0, 0.05) is 25.4 Å². The smallest absolute Gasteiger partial charge is 0.313 e. The lowest BCUT2D eigenvalue weighted by Crippen LogP contribution is -2.31. The summed E-state index contributed by atoms with van der Waals surface area (Å²) in [5.41, 5.74) is -0.119. The van der Waals surface area contributed by atoms with E-state index in [1.807, 2.05) is 0 Å². The van der Waals surface area contributed by atoms with E-state index in [-0.39, 0.29) is 23.0 Å². The van der Waals surface area contributed by atoms with E-state index in [0.717, 1.165) is 11.8 Å². The summed E-state index contributed by atoms with van der Waals surface area (Å²) in [5, 5.41) is 11.0. The second kappa shape index (κ2) is 7.54. The van der Waals surface area contributed by atoms with Gasteiger partial charge in [0.1, 0.15) is 0 Å². The van der Waals surface area contributed by atoms with Gasteiger partial charge in [-0.25, -0.2) is 0 Å². The van der Waals surface area contributed by atoms with Gasteiger partial charge in [-0.05, 0) is 6.07 Å². The van der Waals surface area contributed by atoms with Crippen LogP contribution >= 0.6 is 11.8 Å². The van der Waals surface area contributed by atoms with Crippen molar-refractivity contribution >= 4 is 23.6 Å². The number of hydrogen-bond acceptors (Lipinski definition) is 4. The maximum Gasteiger partial charge on any atom is 0.313 e. The van der Waals surface area contributed by atoms with Crippen LogP contribution in [0.4, 0.5) is 0 Å². The minimum Gasteiger partial charge on any atom is -0.481 e. The van der Waals surface area contributed by atoms with Gasteiger partial charge in [-0.2, -0.15) is 0 Å². The average molecular weight is 270 g/mol. The van der Waals surface area contributed by atoms with Crippen LogP contribution in [0.1, 0.15) is 0 Å². The first kappa shape index (κ1) is 14.3. The minimum absolute atomic E-state index is 0.0917. The molecule has 0 fully saturated rings. The largest absolute Gasteiger partial charge is 0.481 e. The third kappa shape index (κ3) is 5.53. The minimum atomic E-state index is -0.941. The maximum absolute atomic E-state index is 11.3. The van der Waals surface area contributed by atoms with Crippen LogP contribution in [-0.4, -0.2) is 39.6 Å². The van der Waals surface area contributed by atoms with Crippen molar-refractivity contribution in [2.75, 3.05) is 18.1 Å². The van der Waals surface area contributed by atoms with Crippen molar-refractivity contribution in [2.24, 2.45) is 0 Å². The first-order valence-electron chi connectivity index (χ1n) is 5.31. The number of carbonyl (C=O) groups is 2. The SMILES string of the molecule is O=C(O)CSCC(=O)NCCn1ccccc1=O. The summed E-state index contributed by atoms with van der Waals surface area (Å²) >= 11 is 1.04. The van der Waals surface area contributed by atoms with Gasteiger partial charge in [0.25, 0.3) is 5.56 Å². The van der Waals surface area contributed by atoms with Crippen molar-refractivity contribution in [1.82, 2.24) is 9.88 Å². The number of carbonyl (C=O) groups excluding carboxylic acids is 1. The number of hydrogen-bond donors (Lipinski definition) is 2. The standard InChI is InChI=1S/C11H14N2O4S/c14-9(7-18-8-11(16)17)12-4-6-13-5-2-1-3-10(13)15/h1-3,5H,4,6-8H2,(H,12,14)(H,16,17). The topological polar surface area (TPSA) is 88.4 Å². The number of pyridine rings is 1. The monoisotopic (exact) mass is 270 g/mol. The van der Waals surface area contributed by atoms with E-state index in [0.29, 0.717) is 13.1 Å². The Morgan fingerprint density at radius 1 is 1.33 bits per heavy atom. The lowest BCUT2D eigenvalue weighted by Gasteiger charge is -2.06. The number of aliphatic carboxylic acids is 1. The Balaban J connectivity index is 2.22. The van der Waals surface area contributed by atoms with Gasteiger partial charge in [-0.15, -0.1) is 11.8 Å². The molecule has 1 aromatic rings. The predicted octanol–water partition coefficient (Wildman–Crippen LogP) is -0.218. The van der Waals surface area contributed by atoms with E-state index in [2.05, 4.69) is 5.32 Å². The molecular formula is C11H14N2O4S. The van der Waals surface area contributed by atoms with Crippen LogP contribution in [-0.2, 0) is 16.1 Å². The summed E-state index contributed by atoms with van der Waals surface area (Å²) in [4.78, 5) is 32.8. The Labute approximate surface area is 108 Å². The Bertz CT molecular complexity index is 472. The van der Waals surface area contributed by atoms with Crippen molar-refractivity contribution in [2.45, 2.75) is 6.54 Å². The van der Waals surface area contributed by atoms with Gasteiger partial charge in [-0.1, -0.05) is 6.07 Å².